The Morgan fingerprint density at radius 2 is 1.97 bits per heavy atom. The fourth-order valence-electron chi connectivity index (χ4n) is 4.19. The van der Waals surface area contributed by atoms with Crippen LogP contribution >= 0.6 is 0 Å². The van der Waals surface area contributed by atoms with E-state index in [1.165, 1.54) is 0 Å². The molecule has 1 unspecified atom stereocenters. The number of aliphatic hydroxyl groups is 1. The Balaban J connectivity index is 1.65. The Morgan fingerprint density at radius 1 is 1.23 bits per heavy atom. The first-order valence-electron chi connectivity index (χ1n) is 10.2. The molecule has 1 fully saturated rings. The number of para-hydroxylation sites is 1. The Morgan fingerprint density at radius 3 is 2.71 bits per heavy atom. The number of hydrogen-bond donors (Lipinski definition) is 3. The van der Waals surface area contributed by atoms with E-state index in [1.54, 1.807) is 17.6 Å². The van der Waals surface area contributed by atoms with E-state index in [1.807, 2.05) is 29.2 Å². The molecule has 31 heavy (non-hydrogen) atoms. The predicted octanol–water partition coefficient (Wildman–Crippen LogP) is 1.57. The summed E-state index contributed by atoms with van der Waals surface area (Å²) in [5.41, 5.74) is 11.5. The zero-order chi connectivity index (χ0) is 21.8. The van der Waals surface area contributed by atoms with Gasteiger partial charge in [-0.1, -0.05) is 18.2 Å². The van der Waals surface area contributed by atoms with Crippen molar-refractivity contribution in [2.24, 2.45) is 0 Å². The predicted molar refractivity (Wildman–Crippen MR) is 122 cm³/mol. The minimum Gasteiger partial charge on any atom is -0.388 e. The van der Waals surface area contributed by atoms with Crippen molar-refractivity contribution < 1.29 is 13.5 Å². The molecule has 5 rings (SSSR count). The number of nitrogens with zero attached hydrogens (tertiary/aromatic N) is 4. The van der Waals surface area contributed by atoms with E-state index in [4.69, 9.17) is 10.7 Å². The first-order valence-corrected chi connectivity index (χ1v) is 12.0. The normalized spacial score (nSPS) is 18.9. The smallest absolute Gasteiger partial charge is 0.167 e. The quantitative estimate of drug-likeness (QED) is 0.560. The average Bonchev–Trinajstić information content (AvgIpc) is 3.17. The number of benzene rings is 1. The lowest BCUT2D eigenvalue weighted by molar-refractivity contribution is 0.199. The lowest BCUT2D eigenvalue weighted by atomic mass is 10.0. The molecule has 1 aromatic carbocycles. The van der Waals surface area contributed by atoms with Crippen LogP contribution in [0.25, 0.3) is 17.3 Å². The van der Waals surface area contributed by atoms with Gasteiger partial charge in [0.15, 0.2) is 15.5 Å². The molecule has 0 saturated carbocycles. The first kappa shape index (κ1) is 19.8. The van der Waals surface area contributed by atoms with Gasteiger partial charge in [0, 0.05) is 30.9 Å². The molecule has 1 atom stereocenters. The number of anilines is 3. The van der Waals surface area contributed by atoms with Gasteiger partial charge < -0.3 is 21.1 Å². The van der Waals surface area contributed by atoms with Crippen LogP contribution in [0.1, 0.15) is 29.7 Å². The highest BCUT2D eigenvalue weighted by Crippen LogP contribution is 2.35. The molecule has 162 valence electrons. The molecule has 3 aromatic rings. The molecule has 0 amide bonds. The highest BCUT2D eigenvalue weighted by atomic mass is 32.2. The van der Waals surface area contributed by atoms with Crippen molar-refractivity contribution in [3.05, 3.63) is 47.2 Å². The maximum Gasteiger partial charge on any atom is 0.167 e. The number of fused-ring (bicyclic) bond motifs is 2. The molecule has 2 aliphatic heterocycles. The van der Waals surface area contributed by atoms with E-state index < -0.39 is 15.9 Å². The van der Waals surface area contributed by atoms with Gasteiger partial charge >= 0.3 is 0 Å². The minimum absolute atomic E-state index is 0.0526. The Bertz CT molecular complexity index is 1300. The topological polar surface area (TPSA) is 126 Å². The van der Waals surface area contributed by atoms with Crippen LogP contribution in [-0.2, 0) is 9.84 Å². The van der Waals surface area contributed by atoms with Gasteiger partial charge in [-0.05, 0) is 30.2 Å². The monoisotopic (exact) mass is 440 g/mol. The van der Waals surface area contributed by atoms with E-state index in [0.29, 0.717) is 42.5 Å². The van der Waals surface area contributed by atoms with Gasteiger partial charge in [0.25, 0.3) is 0 Å². The molecule has 0 spiro atoms. The number of rotatable bonds is 3. The van der Waals surface area contributed by atoms with Crippen LogP contribution in [0.3, 0.4) is 0 Å². The second-order valence-electron chi connectivity index (χ2n) is 7.95. The number of nitrogens with two attached hydrogens (primary N) is 1. The molecule has 1 saturated heterocycles. The van der Waals surface area contributed by atoms with Crippen LogP contribution in [0, 0.1) is 0 Å². The highest BCUT2D eigenvalue weighted by Gasteiger charge is 2.29. The molecule has 2 aromatic heterocycles. The van der Waals surface area contributed by atoms with E-state index >= 15 is 0 Å². The summed E-state index contributed by atoms with van der Waals surface area (Å²) < 4.78 is 25.3. The van der Waals surface area contributed by atoms with E-state index in [2.05, 4.69) is 16.5 Å². The fraction of sp³-hybridized carbons (Fsp3) is 0.333. The van der Waals surface area contributed by atoms with Crippen molar-refractivity contribution in [1.29, 1.82) is 0 Å². The third kappa shape index (κ3) is 3.41. The fourth-order valence-corrected chi connectivity index (χ4v) is 5.39. The first-order chi connectivity index (χ1) is 14.8. The van der Waals surface area contributed by atoms with Crippen LogP contribution in [0.15, 0.2) is 30.5 Å². The molecule has 0 radical (unpaired) electrons. The van der Waals surface area contributed by atoms with Crippen molar-refractivity contribution in [1.82, 2.24) is 14.6 Å². The van der Waals surface area contributed by atoms with E-state index in [9.17, 15) is 13.5 Å². The summed E-state index contributed by atoms with van der Waals surface area (Å²) in [6.07, 6.45) is 2.97. The van der Waals surface area contributed by atoms with Crippen LogP contribution in [-0.4, -0.2) is 59.3 Å². The van der Waals surface area contributed by atoms with Crippen LogP contribution in [0.5, 0.6) is 0 Å². The molecule has 10 heteroatoms. The molecular weight excluding hydrogens is 416 g/mol. The Hall–Kier alpha value is -3.11. The maximum atomic E-state index is 11.9. The molecule has 0 aliphatic carbocycles. The lowest BCUT2D eigenvalue weighted by Crippen LogP contribution is -2.41. The third-order valence-electron chi connectivity index (χ3n) is 5.87. The third-order valence-corrected chi connectivity index (χ3v) is 7.48. The molecule has 9 nitrogen and oxygen atoms in total. The largest absolute Gasteiger partial charge is 0.388 e. The molecular formula is C21H24N6O3S. The van der Waals surface area contributed by atoms with Gasteiger partial charge in [-0.2, -0.15) is 9.61 Å². The SMILES string of the molecule is CC(O)c1c(N2CCS(=O)(=O)CC2)nc2c(C3=Cc4ccccc4NC3)cnn2c1N. The summed E-state index contributed by atoms with van der Waals surface area (Å²) in [6.45, 7) is 2.87. The zero-order valence-electron chi connectivity index (χ0n) is 17.1. The average molecular weight is 441 g/mol. The van der Waals surface area contributed by atoms with Gasteiger partial charge in [0.2, 0.25) is 0 Å². The highest BCUT2D eigenvalue weighted by molar-refractivity contribution is 7.91. The Labute approximate surface area is 180 Å². The van der Waals surface area contributed by atoms with Crippen molar-refractivity contribution in [3.8, 4) is 0 Å². The molecule has 4 heterocycles. The molecule has 0 bridgehead atoms. The van der Waals surface area contributed by atoms with Crippen molar-refractivity contribution in [3.63, 3.8) is 0 Å². The summed E-state index contributed by atoms with van der Waals surface area (Å²) in [5, 5.41) is 18.3. The maximum absolute atomic E-state index is 11.9. The molecule has 2 aliphatic rings. The second-order valence-corrected chi connectivity index (χ2v) is 10.3. The van der Waals surface area contributed by atoms with Gasteiger partial charge in [-0.3, -0.25) is 0 Å². The summed E-state index contributed by atoms with van der Waals surface area (Å²) in [6, 6.07) is 8.06. The number of nitrogen functional groups attached to an aromatic ring is 1. The summed E-state index contributed by atoms with van der Waals surface area (Å²) in [4.78, 5) is 6.73. The van der Waals surface area contributed by atoms with Gasteiger partial charge in [0.1, 0.15) is 11.6 Å². The van der Waals surface area contributed by atoms with Gasteiger partial charge in [-0.15, -0.1) is 0 Å². The number of aliphatic hydroxyl groups excluding tert-OH is 1. The van der Waals surface area contributed by atoms with E-state index in [0.717, 1.165) is 22.4 Å². The number of aromatic nitrogens is 3. The lowest BCUT2D eigenvalue weighted by Gasteiger charge is -2.30. The van der Waals surface area contributed by atoms with Crippen LogP contribution in [0.2, 0.25) is 0 Å². The zero-order valence-corrected chi connectivity index (χ0v) is 17.9. The Kier molecular flexibility index (Phi) is 4.63. The summed E-state index contributed by atoms with van der Waals surface area (Å²) >= 11 is 0. The van der Waals surface area contributed by atoms with Gasteiger partial charge in [-0.25, -0.2) is 13.4 Å². The van der Waals surface area contributed by atoms with Crippen molar-refractivity contribution in [2.45, 2.75) is 13.0 Å². The van der Waals surface area contributed by atoms with Crippen molar-refractivity contribution in [2.75, 3.05) is 47.1 Å². The number of hydrogen-bond acceptors (Lipinski definition) is 8. The summed E-state index contributed by atoms with van der Waals surface area (Å²) in [5.74, 6) is 0.925. The van der Waals surface area contributed by atoms with Crippen molar-refractivity contribution >= 4 is 44.5 Å². The standard InChI is InChI=1S/C21H24N6O3S/c1-13(28)18-19(22)27-20(25-21(18)26-6-8-31(29,30)9-7-26)16(12-24-27)15-10-14-4-2-3-5-17(14)23-11-15/h2-5,10,12-13,23,28H,6-9,11,22H2,1H3. The number of nitrogens with one attached hydrogen (secondary N) is 1. The van der Waals surface area contributed by atoms with Crippen LogP contribution in [0.4, 0.5) is 17.3 Å². The summed E-state index contributed by atoms with van der Waals surface area (Å²) in [7, 11) is -3.05. The van der Waals surface area contributed by atoms with Gasteiger partial charge in [0.05, 0.1) is 29.4 Å². The number of sulfone groups is 1. The van der Waals surface area contributed by atoms with E-state index in [-0.39, 0.29) is 11.5 Å². The van der Waals surface area contributed by atoms with Crippen LogP contribution < -0.4 is 16.0 Å². The molecule has 4 N–H and O–H groups in total. The minimum atomic E-state index is -3.05. The second kappa shape index (κ2) is 7.24.